The fraction of sp³-hybridized carbons (Fsp3) is 0.582. The molecule has 6 rings (SSSR count). The van der Waals surface area contributed by atoms with Crippen LogP contribution in [0.3, 0.4) is 0 Å². The quantitative estimate of drug-likeness (QED) is 0.0926. The molecule has 2 fully saturated rings. The first-order valence-corrected chi connectivity index (χ1v) is 27.2. The van der Waals surface area contributed by atoms with Gasteiger partial charge in [0.25, 0.3) is 0 Å². The van der Waals surface area contributed by atoms with Gasteiger partial charge in [0.15, 0.2) is 11.6 Å². The third-order valence-electron chi connectivity index (χ3n) is 13.3. The van der Waals surface area contributed by atoms with Crippen molar-refractivity contribution in [3.63, 3.8) is 0 Å². The molecule has 4 aromatic rings. The molecule has 2 aliphatic rings. The third kappa shape index (κ3) is 15.2. The van der Waals surface area contributed by atoms with Crippen molar-refractivity contribution in [2.24, 2.45) is 23.2 Å². The average molecular weight is 1000 g/mol. The minimum absolute atomic E-state index is 0.00961. The van der Waals surface area contributed by atoms with Gasteiger partial charge in [-0.2, -0.15) is 11.8 Å². The number of thiazole rings is 2. The second-order valence-electron chi connectivity index (χ2n) is 21.4. The van der Waals surface area contributed by atoms with Crippen LogP contribution in [0.25, 0.3) is 20.9 Å². The molecule has 2 aromatic carbocycles. The lowest BCUT2D eigenvalue weighted by atomic mass is 9.75. The van der Waals surface area contributed by atoms with Crippen LogP contribution in [0.15, 0.2) is 59.6 Å². The summed E-state index contributed by atoms with van der Waals surface area (Å²) in [4.78, 5) is 79.8. The second-order valence-corrected chi connectivity index (χ2v) is 25.4. The van der Waals surface area contributed by atoms with E-state index in [0.717, 1.165) is 44.9 Å². The largest absolute Gasteiger partial charge is 0.391 e. The molecule has 0 spiro atoms. The number of hydrogen-bond donors (Lipinski definition) is 2. The molecule has 376 valence electrons. The highest BCUT2D eigenvalue weighted by atomic mass is 32.2. The Morgan fingerprint density at radius 1 is 0.681 bits per heavy atom. The van der Waals surface area contributed by atoms with Crippen LogP contribution in [0, 0.1) is 37.0 Å². The van der Waals surface area contributed by atoms with Crippen molar-refractivity contribution in [1.29, 1.82) is 0 Å². The molecule has 2 saturated heterocycles. The number of carbonyl (C=O) groups is 5. The van der Waals surface area contributed by atoms with Crippen LogP contribution in [0.5, 0.6) is 0 Å². The zero-order valence-corrected chi connectivity index (χ0v) is 45.4. The number of aliphatic hydroxyl groups is 2. The van der Waals surface area contributed by atoms with Gasteiger partial charge >= 0.3 is 0 Å². The highest BCUT2D eigenvalue weighted by Crippen LogP contribution is 2.40. The summed E-state index contributed by atoms with van der Waals surface area (Å²) >= 11 is 4.90. The first-order chi connectivity index (χ1) is 32.4. The average Bonchev–Trinajstić information content (AvgIpc) is 4.09. The Labute approximate surface area is 423 Å². The molecule has 11 nitrogen and oxygen atoms in total. The van der Waals surface area contributed by atoms with Gasteiger partial charge < -0.3 is 24.8 Å². The summed E-state index contributed by atoms with van der Waals surface area (Å²) in [6.45, 7) is 24.5. The highest BCUT2D eigenvalue weighted by Gasteiger charge is 2.46. The van der Waals surface area contributed by atoms with Gasteiger partial charge in [-0.1, -0.05) is 97.0 Å². The number of thioether (sulfide) groups is 1. The van der Waals surface area contributed by atoms with Gasteiger partial charge in [0, 0.05) is 55.9 Å². The van der Waals surface area contributed by atoms with Gasteiger partial charge in [-0.15, -0.1) is 22.7 Å². The van der Waals surface area contributed by atoms with Gasteiger partial charge in [0.05, 0.1) is 62.4 Å². The molecular weight excluding hydrogens is 925 g/mol. The number of rotatable bonds is 19. The maximum Gasteiger partial charge on any atom is 0.228 e. The number of aliphatic hydroxyl groups excluding tert-OH is 2. The van der Waals surface area contributed by atoms with Crippen LogP contribution in [-0.2, 0) is 36.8 Å². The molecule has 0 bridgehead atoms. The fourth-order valence-electron chi connectivity index (χ4n) is 9.70. The standard InChI is InChI=1S/C28H38N2O4S2.C27H38N2O3S/c1-17(2)36-28(5,6)23(13-18(3)31)27(34)30-15-22(32)14-24(30)25(33)12-9-20-7-10-21(11-8-20)26-19(4)29-16-35-26;1-17(2)13-22(27(4,5)6)26(32)29-15-21(30)14-23(29)24(31)12-9-19-7-10-20(11-8-19)25-18(3)28-16-33-25/h7-8,10-11,16-17,22-24,32H,9,12-15H2,1-6H3;7-8,10-11,16-17,21-23,30H,9,12-15H2,1-6H3/t22-,23-,24+;21-,22-,23+/m11/s1. The predicted octanol–water partition coefficient (Wildman–Crippen LogP) is 10.4. The van der Waals surface area contributed by atoms with Crippen molar-refractivity contribution in [3.05, 3.63) is 82.1 Å². The number of ketones is 3. The van der Waals surface area contributed by atoms with Crippen LogP contribution < -0.4 is 0 Å². The lowest BCUT2D eigenvalue weighted by molar-refractivity contribution is -0.144. The number of benzene rings is 2. The number of hydrogen-bond acceptors (Lipinski definition) is 12. The van der Waals surface area contributed by atoms with E-state index in [9.17, 15) is 34.2 Å². The van der Waals surface area contributed by atoms with E-state index in [1.165, 1.54) is 11.8 Å². The Morgan fingerprint density at radius 3 is 1.42 bits per heavy atom. The van der Waals surface area contributed by atoms with Gasteiger partial charge in [-0.3, -0.25) is 19.2 Å². The van der Waals surface area contributed by atoms with Gasteiger partial charge in [0.1, 0.15) is 5.78 Å². The SMILES string of the molecule is CC(=O)C[C@H](C(=O)N1C[C@H](O)C[C@H]1C(=O)CCc1ccc(-c2scnc2C)cc1)C(C)(C)SC(C)C.Cc1ncsc1-c1ccc(CCC(=O)[C@@H]2C[C@@H](O)CN2C(=O)[C@@H](CC(C)C)C(C)(C)C)cc1. The predicted molar refractivity (Wildman–Crippen MR) is 281 cm³/mol. The van der Waals surface area contributed by atoms with Crippen molar-refractivity contribution in [2.45, 2.75) is 169 Å². The number of carbonyl (C=O) groups excluding carboxylic acids is 5. The first kappa shape index (κ1) is 55.8. The van der Waals surface area contributed by atoms with Crippen LogP contribution >= 0.6 is 34.4 Å². The molecule has 2 N–H and O–H groups in total. The smallest absolute Gasteiger partial charge is 0.228 e. The molecular formula is C55H76N4O7S3. The van der Waals surface area contributed by atoms with E-state index in [0.29, 0.717) is 38.0 Å². The molecule has 14 heteroatoms. The monoisotopic (exact) mass is 1000 g/mol. The van der Waals surface area contributed by atoms with Gasteiger partial charge in [-0.05, 0) is 92.7 Å². The van der Waals surface area contributed by atoms with E-state index >= 15 is 0 Å². The molecule has 4 heterocycles. The Morgan fingerprint density at radius 2 is 1.09 bits per heavy atom. The van der Waals surface area contributed by atoms with Crippen LogP contribution in [-0.4, -0.2) is 107 Å². The van der Waals surface area contributed by atoms with E-state index < -0.39 is 35.0 Å². The Bertz CT molecular complexity index is 2370. The zero-order valence-electron chi connectivity index (χ0n) is 42.9. The first-order valence-electron chi connectivity index (χ1n) is 24.5. The van der Waals surface area contributed by atoms with Crippen molar-refractivity contribution < 1.29 is 34.2 Å². The molecule has 0 saturated carbocycles. The van der Waals surface area contributed by atoms with E-state index in [2.05, 4.69) is 94.8 Å². The van der Waals surface area contributed by atoms with Crippen molar-refractivity contribution >= 4 is 63.6 Å². The molecule has 0 unspecified atom stereocenters. The molecule has 0 aliphatic carbocycles. The lowest BCUT2D eigenvalue weighted by Crippen LogP contribution is -2.49. The maximum absolute atomic E-state index is 13.7. The van der Waals surface area contributed by atoms with E-state index in [-0.39, 0.29) is 71.7 Å². The van der Waals surface area contributed by atoms with Crippen molar-refractivity contribution in [3.8, 4) is 20.9 Å². The summed E-state index contributed by atoms with van der Waals surface area (Å²) in [6.07, 6.45) is 1.99. The molecule has 69 heavy (non-hydrogen) atoms. The van der Waals surface area contributed by atoms with Crippen LogP contribution in [0.4, 0.5) is 0 Å². The Kier molecular flexibility index (Phi) is 19.7. The van der Waals surface area contributed by atoms with Crippen molar-refractivity contribution in [1.82, 2.24) is 19.8 Å². The normalized spacial score (nSPS) is 19.4. The number of aryl methyl sites for hydroxylation is 4. The number of likely N-dealkylation sites (tertiary alicyclic amines) is 2. The van der Waals surface area contributed by atoms with Crippen molar-refractivity contribution in [2.75, 3.05) is 13.1 Å². The minimum Gasteiger partial charge on any atom is -0.391 e. The van der Waals surface area contributed by atoms with E-state index in [4.69, 9.17) is 0 Å². The van der Waals surface area contributed by atoms with Crippen LogP contribution in [0.2, 0.25) is 0 Å². The van der Waals surface area contributed by atoms with E-state index in [1.807, 2.05) is 50.8 Å². The fourth-order valence-corrected chi connectivity index (χ4v) is 12.9. The highest BCUT2D eigenvalue weighted by molar-refractivity contribution is 8.01. The number of Topliss-reactive ketones (excluding diaryl/α,β-unsaturated/α-hetero) is 3. The van der Waals surface area contributed by atoms with Gasteiger partial charge in [-0.25, -0.2) is 9.97 Å². The summed E-state index contributed by atoms with van der Waals surface area (Å²) in [6, 6.07) is 15.3. The molecule has 6 atom stereocenters. The van der Waals surface area contributed by atoms with E-state index in [1.54, 1.807) is 44.2 Å². The summed E-state index contributed by atoms with van der Waals surface area (Å²) in [5.41, 5.74) is 9.92. The Balaban J connectivity index is 0.000000258. The topological polar surface area (TPSA) is 158 Å². The summed E-state index contributed by atoms with van der Waals surface area (Å²) < 4.78 is -0.476. The molecule has 0 radical (unpaired) electrons. The molecule has 2 aromatic heterocycles. The maximum atomic E-state index is 13.7. The number of nitrogens with zero attached hydrogens (tertiary/aromatic N) is 4. The third-order valence-corrected chi connectivity index (χ3v) is 16.6. The van der Waals surface area contributed by atoms with Gasteiger partial charge in [0.2, 0.25) is 11.8 Å². The van der Waals surface area contributed by atoms with Crippen LogP contribution in [0.1, 0.15) is 130 Å². The number of amides is 2. The summed E-state index contributed by atoms with van der Waals surface area (Å²) in [5, 5.41) is 21.0. The Hall–Kier alpha value is -4.08. The zero-order chi connectivity index (χ0) is 51.0. The summed E-state index contributed by atoms with van der Waals surface area (Å²) in [5.74, 6) is -0.580. The summed E-state index contributed by atoms with van der Waals surface area (Å²) in [7, 11) is 0. The lowest BCUT2D eigenvalue weighted by Gasteiger charge is -2.37. The number of β-amino-alcohol motifs (C(OH)–C–C–N with tert-alkyl or cyclic N) is 2. The second kappa shape index (κ2) is 24.4. The minimum atomic E-state index is -0.733. The number of aromatic nitrogens is 2. The molecule has 2 aliphatic heterocycles. The molecule has 2 amide bonds.